The second-order valence-corrected chi connectivity index (χ2v) is 9.40. The van der Waals surface area contributed by atoms with Crippen LogP contribution in [0.5, 0.6) is 0 Å². The molecule has 35 heavy (non-hydrogen) atoms. The van der Waals surface area contributed by atoms with Gasteiger partial charge in [0.25, 0.3) is 0 Å². The minimum absolute atomic E-state index is 0.0142. The summed E-state index contributed by atoms with van der Waals surface area (Å²) >= 11 is 1.41. The molecule has 4 unspecified atom stereocenters. The Bertz CT molecular complexity index is 864. The highest BCUT2D eigenvalue weighted by atomic mass is 32.2. The molecule has 196 valence electrons. The van der Waals surface area contributed by atoms with Crippen molar-refractivity contribution in [3.05, 3.63) is 18.2 Å². The molecule has 1 rings (SSSR count). The Morgan fingerprint density at radius 2 is 1.63 bits per heavy atom. The number of amides is 3. The van der Waals surface area contributed by atoms with E-state index < -0.39 is 60.2 Å². The van der Waals surface area contributed by atoms with Gasteiger partial charge in [0.15, 0.2) is 0 Å². The maximum absolute atomic E-state index is 13.0. The second-order valence-electron chi connectivity index (χ2n) is 8.42. The highest BCUT2D eigenvalue weighted by Crippen LogP contribution is 2.09. The van der Waals surface area contributed by atoms with E-state index in [4.69, 9.17) is 10.8 Å². The van der Waals surface area contributed by atoms with Gasteiger partial charge in [-0.3, -0.25) is 19.2 Å². The summed E-state index contributed by atoms with van der Waals surface area (Å²) < 4.78 is 0. The third-order valence-corrected chi connectivity index (χ3v) is 5.55. The predicted molar refractivity (Wildman–Crippen MR) is 128 cm³/mol. The van der Waals surface area contributed by atoms with Crippen LogP contribution in [-0.4, -0.2) is 86.0 Å². The Labute approximate surface area is 207 Å². The van der Waals surface area contributed by atoms with Crippen molar-refractivity contribution in [2.45, 2.75) is 63.7 Å². The first-order chi connectivity index (χ1) is 16.4. The molecule has 0 saturated heterocycles. The molecule has 0 saturated carbocycles. The van der Waals surface area contributed by atoms with Crippen molar-refractivity contribution < 1.29 is 34.2 Å². The van der Waals surface area contributed by atoms with Gasteiger partial charge in [0.1, 0.15) is 18.1 Å². The summed E-state index contributed by atoms with van der Waals surface area (Å²) in [6.07, 6.45) is 4.59. The number of carbonyl (C=O) groups excluding carboxylic acids is 3. The number of hydrogen-bond acceptors (Lipinski definition) is 8. The lowest BCUT2D eigenvalue weighted by Gasteiger charge is -2.25. The number of nitrogens with two attached hydrogens (primary N) is 1. The van der Waals surface area contributed by atoms with Gasteiger partial charge in [-0.25, -0.2) is 9.78 Å². The van der Waals surface area contributed by atoms with E-state index in [1.54, 1.807) is 6.26 Å². The van der Waals surface area contributed by atoms with E-state index in [2.05, 4.69) is 25.9 Å². The number of imidazole rings is 1. The van der Waals surface area contributed by atoms with Crippen LogP contribution >= 0.6 is 11.8 Å². The van der Waals surface area contributed by atoms with Crippen LogP contribution in [0.3, 0.4) is 0 Å². The number of thioether (sulfide) groups is 1. The molecule has 14 heteroatoms. The molecule has 8 N–H and O–H groups in total. The summed E-state index contributed by atoms with van der Waals surface area (Å²) in [6, 6.07) is -4.72. The second kappa shape index (κ2) is 15.0. The van der Waals surface area contributed by atoms with Crippen LogP contribution in [0.4, 0.5) is 0 Å². The Hall–Kier alpha value is -3.13. The van der Waals surface area contributed by atoms with E-state index in [0.29, 0.717) is 11.4 Å². The SMILES string of the molecule is CSCCC(NC(=O)C(CC(C)C)NC(=O)C(N)Cc1cnc[nH]1)C(=O)NC(CC(=O)O)C(=O)O. The average Bonchev–Trinajstić information content (AvgIpc) is 3.27. The first kappa shape index (κ1) is 29.9. The third kappa shape index (κ3) is 11.2. The maximum Gasteiger partial charge on any atom is 0.326 e. The Balaban J connectivity index is 2.93. The van der Waals surface area contributed by atoms with Gasteiger partial charge in [0, 0.05) is 18.3 Å². The van der Waals surface area contributed by atoms with Gasteiger partial charge in [-0.05, 0) is 30.8 Å². The average molecular weight is 515 g/mol. The monoisotopic (exact) mass is 514 g/mol. The molecule has 0 aromatic carbocycles. The normalized spacial score (nSPS) is 14.4. The van der Waals surface area contributed by atoms with E-state index in [1.165, 1.54) is 24.3 Å². The molecule has 0 aliphatic rings. The summed E-state index contributed by atoms with van der Waals surface area (Å²) in [4.78, 5) is 67.4. The molecule has 13 nitrogen and oxygen atoms in total. The smallest absolute Gasteiger partial charge is 0.326 e. The lowest BCUT2D eigenvalue weighted by molar-refractivity contribution is -0.147. The van der Waals surface area contributed by atoms with E-state index in [9.17, 15) is 29.1 Å². The van der Waals surface area contributed by atoms with Crippen molar-refractivity contribution in [1.82, 2.24) is 25.9 Å². The minimum Gasteiger partial charge on any atom is -0.481 e. The quantitative estimate of drug-likeness (QED) is 0.144. The summed E-state index contributed by atoms with van der Waals surface area (Å²) in [7, 11) is 0. The lowest BCUT2D eigenvalue weighted by Crippen LogP contribution is -2.57. The van der Waals surface area contributed by atoms with E-state index in [1.807, 2.05) is 13.8 Å². The molecule has 1 aromatic rings. The van der Waals surface area contributed by atoms with Crippen molar-refractivity contribution in [2.24, 2.45) is 11.7 Å². The van der Waals surface area contributed by atoms with Crippen LogP contribution in [0.1, 0.15) is 38.8 Å². The zero-order chi connectivity index (χ0) is 26.5. The van der Waals surface area contributed by atoms with Crippen LogP contribution in [0.2, 0.25) is 0 Å². The van der Waals surface area contributed by atoms with Crippen LogP contribution < -0.4 is 21.7 Å². The zero-order valence-electron chi connectivity index (χ0n) is 19.9. The summed E-state index contributed by atoms with van der Waals surface area (Å²) in [5.74, 6) is -4.44. The molecule has 1 heterocycles. The highest BCUT2D eigenvalue weighted by Gasteiger charge is 2.31. The molecule has 0 aliphatic carbocycles. The van der Waals surface area contributed by atoms with Gasteiger partial charge in [-0.2, -0.15) is 11.8 Å². The molecule has 0 fully saturated rings. The third-order valence-electron chi connectivity index (χ3n) is 4.91. The van der Waals surface area contributed by atoms with Gasteiger partial charge in [-0.15, -0.1) is 0 Å². The number of nitrogens with one attached hydrogen (secondary N) is 4. The van der Waals surface area contributed by atoms with Gasteiger partial charge in [0.05, 0.1) is 18.8 Å². The largest absolute Gasteiger partial charge is 0.481 e. The number of aromatic nitrogens is 2. The molecule has 3 amide bonds. The van der Waals surface area contributed by atoms with E-state index >= 15 is 0 Å². The van der Waals surface area contributed by atoms with Gasteiger partial charge < -0.3 is 36.9 Å². The molecule has 0 spiro atoms. The van der Waals surface area contributed by atoms with Crippen LogP contribution in [-0.2, 0) is 30.4 Å². The number of carboxylic acid groups (broad SMARTS) is 2. The molecule has 1 aromatic heterocycles. The van der Waals surface area contributed by atoms with Gasteiger partial charge >= 0.3 is 11.9 Å². The van der Waals surface area contributed by atoms with Gasteiger partial charge in [0.2, 0.25) is 17.7 Å². The predicted octanol–water partition coefficient (Wildman–Crippen LogP) is -0.908. The summed E-state index contributed by atoms with van der Waals surface area (Å²) in [5.41, 5.74) is 6.62. The number of H-pyrrole nitrogens is 1. The Morgan fingerprint density at radius 1 is 1.03 bits per heavy atom. The minimum atomic E-state index is -1.65. The lowest BCUT2D eigenvalue weighted by atomic mass is 10.0. The number of aromatic amines is 1. The van der Waals surface area contributed by atoms with E-state index in [0.717, 1.165) is 0 Å². The number of aliphatic carboxylic acids is 2. The Kier molecular flexibility index (Phi) is 12.8. The molecular weight excluding hydrogens is 480 g/mol. The Morgan fingerprint density at radius 3 is 2.14 bits per heavy atom. The number of hydrogen-bond donors (Lipinski definition) is 7. The van der Waals surface area contributed by atoms with Crippen molar-refractivity contribution in [1.29, 1.82) is 0 Å². The first-order valence-corrected chi connectivity index (χ1v) is 12.4. The highest BCUT2D eigenvalue weighted by molar-refractivity contribution is 7.98. The molecule has 0 radical (unpaired) electrons. The van der Waals surface area contributed by atoms with Crippen molar-refractivity contribution in [2.75, 3.05) is 12.0 Å². The maximum atomic E-state index is 13.0. The summed E-state index contributed by atoms with van der Waals surface area (Å²) in [6.45, 7) is 3.72. The standard InChI is InChI=1S/C21H34N6O7S/c1-11(2)6-15(26-18(30)13(22)7-12-9-23-10-24-12)20(32)25-14(4-5-35-3)19(31)27-16(21(33)34)8-17(28)29/h9-11,13-16H,4-8,22H2,1-3H3,(H,23,24)(H,25,32)(H,26,30)(H,27,31)(H,28,29)(H,33,34). The van der Waals surface area contributed by atoms with Crippen molar-refractivity contribution in [3.8, 4) is 0 Å². The first-order valence-electron chi connectivity index (χ1n) is 11.0. The molecule has 0 bridgehead atoms. The number of nitrogens with zero attached hydrogens (tertiary/aromatic N) is 1. The van der Waals surface area contributed by atoms with Crippen LogP contribution in [0.25, 0.3) is 0 Å². The van der Waals surface area contributed by atoms with Crippen molar-refractivity contribution >= 4 is 41.4 Å². The number of rotatable bonds is 16. The van der Waals surface area contributed by atoms with Crippen LogP contribution in [0.15, 0.2) is 12.5 Å². The molecule has 0 aliphatic heterocycles. The van der Waals surface area contributed by atoms with E-state index in [-0.39, 0.29) is 25.2 Å². The molecule has 4 atom stereocenters. The molecular formula is C21H34N6O7S. The zero-order valence-corrected chi connectivity index (χ0v) is 20.8. The van der Waals surface area contributed by atoms with Crippen LogP contribution in [0, 0.1) is 5.92 Å². The fourth-order valence-electron chi connectivity index (χ4n) is 3.13. The van der Waals surface area contributed by atoms with Gasteiger partial charge in [-0.1, -0.05) is 13.8 Å². The fourth-order valence-corrected chi connectivity index (χ4v) is 3.60. The number of carbonyl (C=O) groups is 5. The summed E-state index contributed by atoms with van der Waals surface area (Å²) in [5, 5.41) is 25.5. The number of carboxylic acids is 2. The topological polar surface area (TPSA) is 217 Å². The van der Waals surface area contributed by atoms with Crippen molar-refractivity contribution in [3.63, 3.8) is 0 Å². The fraction of sp³-hybridized carbons (Fsp3) is 0.619.